The highest BCUT2D eigenvalue weighted by molar-refractivity contribution is 5.95. The second-order valence-electron chi connectivity index (χ2n) is 6.85. The lowest BCUT2D eigenvalue weighted by Gasteiger charge is -2.39. The molecule has 3 heterocycles. The minimum Gasteiger partial charge on any atom is -0.504 e. The number of morpholine rings is 1. The van der Waals surface area contributed by atoms with E-state index in [4.69, 9.17) is 9.47 Å². The Morgan fingerprint density at radius 3 is 2.96 bits per heavy atom. The molecule has 1 aromatic carbocycles. The van der Waals surface area contributed by atoms with Crippen LogP contribution < -0.4 is 0 Å². The summed E-state index contributed by atoms with van der Waals surface area (Å²) in [7, 11) is 0. The molecule has 138 valence electrons. The maximum atomic E-state index is 13.0. The first-order chi connectivity index (χ1) is 12.6. The van der Waals surface area contributed by atoms with Crippen LogP contribution in [0.1, 0.15) is 29.4 Å². The Hall–Kier alpha value is -2.38. The topological polar surface area (TPSA) is 76.8 Å². The number of carbonyl (C=O) groups excluding carboxylic acids is 1. The number of aromatic nitrogens is 2. The van der Waals surface area contributed by atoms with Crippen molar-refractivity contribution in [2.45, 2.75) is 25.4 Å². The molecule has 2 aliphatic rings. The van der Waals surface area contributed by atoms with E-state index in [9.17, 15) is 9.90 Å². The van der Waals surface area contributed by atoms with Gasteiger partial charge in [-0.2, -0.15) is 5.10 Å². The van der Waals surface area contributed by atoms with Crippen LogP contribution in [0.4, 0.5) is 0 Å². The van der Waals surface area contributed by atoms with Gasteiger partial charge in [-0.3, -0.25) is 4.79 Å². The maximum absolute atomic E-state index is 13.0. The predicted molar refractivity (Wildman–Crippen MR) is 94.6 cm³/mol. The smallest absolute Gasteiger partial charge is 0.278 e. The molecule has 0 saturated carbocycles. The van der Waals surface area contributed by atoms with Crippen LogP contribution in [0.25, 0.3) is 5.69 Å². The van der Waals surface area contributed by atoms with Gasteiger partial charge in [-0.1, -0.05) is 25.1 Å². The average Bonchev–Trinajstić information content (AvgIpc) is 3.28. The van der Waals surface area contributed by atoms with Gasteiger partial charge in [0, 0.05) is 19.6 Å². The summed E-state index contributed by atoms with van der Waals surface area (Å²) in [4.78, 5) is 14.7. The van der Waals surface area contributed by atoms with Crippen LogP contribution in [-0.2, 0) is 15.9 Å². The van der Waals surface area contributed by atoms with Gasteiger partial charge in [0.25, 0.3) is 5.91 Å². The number of rotatable bonds is 3. The molecule has 1 amide bonds. The Morgan fingerprint density at radius 2 is 2.19 bits per heavy atom. The molecule has 2 saturated heterocycles. The summed E-state index contributed by atoms with van der Waals surface area (Å²) in [5.74, 6) is -0.381. The van der Waals surface area contributed by atoms with Crippen molar-refractivity contribution in [2.75, 3.05) is 32.9 Å². The molecular weight excluding hydrogens is 334 g/mol. The quantitative estimate of drug-likeness (QED) is 0.906. The standard InChI is InChI=1S/C19H23N3O4/c1-2-14-5-3-4-6-15(14)22-11-16(23)17(20-22)18(24)21-8-10-26-19(12-21)7-9-25-13-19/h3-6,11,23H,2,7-10,12-13H2,1H3. The van der Waals surface area contributed by atoms with Crippen LogP contribution >= 0.6 is 0 Å². The third kappa shape index (κ3) is 2.97. The van der Waals surface area contributed by atoms with Gasteiger partial charge in [0.1, 0.15) is 5.60 Å². The van der Waals surface area contributed by atoms with Crippen molar-refractivity contribution in [2.24, 2.45) is 0 Å². The molecule has 0 aliphatic carbocycles. The van der Waals surface area contributed by atoms with E-state index in [0.29, 0.717) is 32.9 Å². The van der Waals surface area contributed by atoms with E-state index in [2.05, 4.69) is 12.0 Å². The first kappa shape index (κ1) is 17.1. The third-order valence-corrected chi connectivity index (χ3v) is 5.12. The molecule has 0 radical (unpaired) electrons. The van der Waals surface area contributed by atoms with Gasteiger partial charge in [-0.25, -0.2) is 4.68 Å². The van der Waals surface area contributed by atoms with Crippen LogP contribution in [0.5, 0.6) is 5.75 Å². The predicted octanol–water partition coefficient (Wildman–Crippen LogP) is 1.77. The van der Waals surface area contributed by atoms with Crippen molar-refractivity contribution in [3.63, 3.8) is 0 Å². The van der Waals surface area contributed by atoms with Crippen LogP contribution in [-0.4, -0.2) is 64.2 Å². The van der Waals surface area contributed by atoms with E-state index >= 15 is 0 Å². The zero-order valence-corrected chi connectivity index (χ0v) is 14.9. The molecule has 7 nitrogen and oxygen atoms in total. The normalized spacial score (nSPS) is 22.9. The van der Waals surface area contributed by atoms with Gasteiger partial charge in [0.05, 0.1) is 31.6 Å². The molecule has 1 unspecified atom stereocenters. The molecule has 7 heteroatoms. The second kappa shape index (κ2) is 6.74. The number of ether oxygens (including phenoxy) is 2. The molecule has 26 heavy (non-hydrogen) atoms. The number of aryl methyl sites for hydroxylation is 1. The van der Waals surface area contributed by atoms with Gasteiger partial charge in [0.15, 0.2) is 11.4 Å². The Kier molecular flexibility index (Phi) is 4.42. The molecular formula is C19H23N3O4. The van der Waals surface area contributed by atoms with E-state index in [1.54, 1.807) is 9.58 Å². The highest BCUT2D eigenvalue weighted by Gasteiger charge is 2.42. The van der Waals surface area contributed by atoms with E-state index in [1.807, 2.05) is 24.3 Å². The number of nitrogens with zero attached hydrogens (tertiary/aromatic N) is 3. The summed E-state index contributed by atoms with van der Waals surface area (Å²) in [6.07, 6.45) is 3.11. The van der Waals surface area contributed by atoms with Crippen molar-refractivity contribution >= 4 is 5.91 Å². The van der Waals surface area contributed by atoms with Crippen molar-refractivity contribution in [1.82, 2.24) is 14.7 Å². The van der Waals surface area contributed by atoms with Gasteiger partial charge < -0.3 is 19.5 Å². The Morgan fingerprint density at radius 1 is 1.35 bits per heavy atom. The number of para-hydroxylation sites is 1. The fraction of sp³-hybridized carbons (Fsp3) is 0.474. The molecule has 2 aliphatic heterocycles. The zero-order chi connectivity index (χ0) is 18.1. The molecule has 1 aromatic heterocycles. The second-order valence-corrected chi connectivity index (χ2v) is 6.85. The number of benzene rings is 1. The summed E-state index contributed by atoms with van der Waals surface area (Å²) < 4.78 is 12.9. The van der Waals surface area contributed by atoms with E-state index < -0.39 is 5.60 Å². The zero-order valence-electron chi connectivity index (χ0n) is 14.9. The molecule has 2 aromatic rings. The van der Waals surface area contributed by atoms with Crippen molar-refractivity contribution in [1.29, 1.82) is 0 Å². The summed E-state index contributed by atoms with van der Waals surface area (Å²) in [6.45, 7) is 4.62. The van der Waals surface area contributed by atoms with Gasteiger partial charge >= 0.3 is 0 Å². The highest BCUT2D eigenvalue weighted by atomic mass is 16.6. The average molecular weight is 357 g/mol. The summed E-state index contributed by atoms with van der Waals surface area (Å²) in [5.41, 5.74) is 1.63. The Labute approximate surface area is 152 Å². The van der Waals surface area contributed by atoms with Crippen LogP contribution in [0.15, 0.2) is 30.5 Å². The molecule has 4 rings (SSSR count). The van der Waals surface area contributed by atoms with Gasteiger partial charge in [0.2, 0.25) is 0 Å². The largest absolute Gasteiger partial charge is 0.504 e. The van der Waals surface area contributed by atoms with Crippen molar-refractivity contribution in [3.05, 3.63) is 41.7 Å². The lowest BCUT2D eigenvalue weighted by atomic mass is 10.0. The molecule has 1 spiro atoms. The number of aromatic hydroxyl groups is 1. The maximum Gasteiger partial charge on any atom is 0.278 e. The molecule has 1 N–H and O–H groups in total. The number of carbonyl (C=O) groups is 1. The van der Waals surface area contributed by atoms with Crippen LogP contribution in [0, 0.1) is 0 Å². The minimum absolute atomic E-state index is 0.0758. The summed E-state index contributed by atoms with van der Waals surface area (Å²) in [6, 6.07) is 7.83. The molecule has 1 atom stereocenters. The number of hydrogen-bond acceptors (Lipinski definition) is 5. The van der Waals surface area contributed by atoms with E-state index in [0.717, 1.165) is 24.1 Å². The highest BCUT2D eigenvalue weighted by Crippen LogP contribution is 2.29. The SMILES string of the molecule is CCc1ccccc1-n1cc(O)c(C(=O)N2CCOC3(CCOC3)C2)n1. The Balaban J connectivity index is 1.60. The number of amides is 1. The first-order valence-electron chi connectivity index (χ1n) is 9.00. The van der Waals surface area contributed by atoms with Crippen molar-refractivity contribution in [3.8, 4) is 11.4 Å². The van der Waals surface area contributed by atoms with E-state index in [1.165, 1.54) is 6.20 Å². The minimum atomic E-state index is -0.416. The van der Waals surface area contributed by atoms with Crippen LogP contribution in [0.2, 0.25) is 0 Å². The monoisotopic (exact) mass is 357 g/mol. The lowest BCUT2D eigenvalue weighted by Crippen LogP contribution is -2.54. The fourth-order valence-corrected chi connectivity index (χ4v) is 3.67. The summed E-state index contributed by atoms with van der Waals surface area (Å²) in [5, 5.41) is 14.7. The third-order valence-electron chi connectivity index (χ3n) is 5.12. The van der Waals surface area contributed by atoms with Crippen LogP contribution in [0.3, 0.4) is 0 Å². The molecule has 2 fully saturated rings. The molecule has 0 bridgehead atoms. The Bertz CT molecular complexity index is 811. The fourth-order valence-electron chi connectivity index (χ4n) is 3.67. The number of hydrogen-bond donors (Lipinski definition) is 1. The van der Waals surface area contributed by atoms with E-state index in [-0.39, 0.29) is 17.4 Å². The summed E-state index contributed by atoms with van der Waals surface area (Å²) >= 11 is 0. The van der Waals surface area contributed by atoms with Gasteiger partial charge in [-0.15, -0.1) is 0 Å². The van der Waals surface area contributed by atoms with Gasteiger partial charge in [-0.05, 0) is 18.1 Å². The van der Waals surface area contributed by atoms with Crippen molar-refractivity contribution < 1.29 is 19.4 Å². The first-order valence-corrected chi connectivity index (χ1v) is 9.00. The lowest BCUT2D eigenvalue weighted by molar-refractivity contribution is -0.0996.